The predicted octanol–water partition coefficient (Wildman–Crippen LogP) is 1.94. The maximum atomic E-state index is 13.6. The van der Waals surface area contributed by atoms with E-state index in [0.717, 1.165) is 31.4 Å². The van der Waals surface area contributed by atoms with Crippen LogP contribution in [0.3, 0.4) is 0 Å². The van der Waals surface area contributed by atoms with Gasteiger partial charge in [-0.1, -0.05) is 18.2 Å². The molecule has 0 spiro atoms. The molecular weight excluding hydrogens is 243 g/mol. The first-order valence-electron chi connectivity index (χ1n) is 6.99. The van der Waals surface area contributed by atoms with Gasteiger partial charge < -0.3 is 10.6 Å². The van der Waals surface area contributed by atoms with Crippen molar-refractivity contribution in [2.24, 2.45) is 0 Å². The molecule has 1 aromatic carbocycles. The molecule has 2 aliphatic rings. The first-order chi connectivity index (χ1) is 9.22. The van der Waals surface area contributed by atoms with Crippen LogP contribution in [-0.2, 0) is 4.79 Å². The molecule has 0 radical (unpaired) electrons. The Labute approximate surface area is 112 Å². The summed E-state index contributed by atoms with van der Waals surface area (Å²) in [5, 5.41) is 6.41. The van der Waals surface area contributed by atoms with Crippen LogP contribution in [0.2, 0.25) is 0 Å². The predicted molar refractivity (Wildman–Crippen MR) is 71.3 cm³/mol. The molecule has 2 fully saturated rings. The summed E-state index contributed by atoms with van der Waals surface area (Å²) >= 11 is 0. The zero-order chi connectivity index (χ0) is 13.2. The Kier molecular flexibility index (Phi) is 3.51. The summed E-state index contributed by atoms with van der Waals surface area (Å²) in [5.41, 5.74) is 0.842. The van der Waals surface area contributed by atoms with E-state index in [-0.39, 0.29) is 17.8 Å². The summed E-state index contributed by atoms with van der Waals surface area (Å²) < 4.78 is 13.6. The summed E-state index contributed by atoms with van der Waals surface area (Å²) in [6, 6.07) is 7.78. The third-order valence-electron chi connectivity index (χ3n) is 4.22. The fourth-order valence-corrected chi connectivity index (χ4v) is 2.98. The molecule has 0 aromatic heterocycles. The number of carbonyl (C=O) groups excluding carboxylic acids is 1. The lowest BCUT2D eigenvalue weighted by atomic mass is 9.75. The Morgan fingerprint density at radius 2 is 2.11 bits per heavy atom. The summed E-state index contributed by atoms with van der Waals surface area (Å²) in [4.78, 5) is 11.1. The van der Waals surface area contributed by atoms with E-state index in [1.54, 1.807) is 6.07 Å². The van der Waals surface area contributed by atoms with E-state index in [1.165, 1.54) is 6.07 Å². The van der Waals surface area contributed by atoms with Crippen LogP contribution < -0.4 is 10.6 Å². The molecule has 1 amide bonds. The van der Waals surface area contributed by atoms with Crippen molar-refractivity contribution in [1.82, 2.24) is 10.6 Å². The molecule has 4 heteroatoms. The van der Waals surface area contributed by atoms with E-state index in [2.05, 4.69) is 10.6 Å². The van der Waals surface area contributed by atoms with Crippen molar-refractivity contribution in [1.29, 1.82) is 0 Å². The van der Waals surface area contributed by atoms with Crippen LogP contribution in [0, 0.1) is 5.82 Å². The number of nitrogens with one attached hydrogen (secondary N) is 2. The minimum Gasteiger partial charge on any atom is -0.352 e. The maximum Gasteiger partial charge on any atom is 0.220 e. The van der Waals surface area contributed by atoms with Crippen molar-refractivity contribution in [2.75, 3.05) is 6.54 Å². The van der Waals surface area contributed by atoms with E-state index < -0.39 is 0 Å². The summed E-state index contributed by atoms with van der Waals surface area (Å²) in [6.07, 6.45) is 3.55. The lowest BCUT2D eigenvalue weighted by molar-refractivity contribution is -0.119. The van der Waals surface area contributed by atoms with Crippen LogP contribution in [0.1, 0.15) is 37.2 Å². The highest BCUT2D eigenvalue weighted by Gasteiger charge is 2.32. The quantitative estimate of drug-likeness (QED) is 0.870. The van der Waals surface area contributed by atoms with Crippen LogP contribution >= 0.6 is 0 Å². The number of benzene rings is 1. The molecule has 3 rings (SSSR count). The molecule has 102 valence electrons. The van der Waals surface area contributed by atoms with Crippen molar-refractivity contribution >= 4 is 5.91 Å². The minimum atomic E-state index is -0.0889. The van der Waals surface area contributed by atoms with E-state index >= 15 is 0 Å². The van der Waals surface area contributed by atoms with Gasteiger partial charge in [0.1, 0.15) is 5.82 Å². The average molecular weight is 262 g/mol. The second kappa shape index (κ2) is 5.29. The van der Waals surface area contributed by atoms with Crippen molar-refractivity contribution in [3.05, 3.63) is 35.6 Å². The number of carbonyl (C=O) groups is 1. The number of halogens is 1. The molecule has 0 bridgehead atoms. The molecule has 1 aliphatic carbocycles. The zero-order valence-electron chi connectivity index (χ0n) is 10.9. The van der Waals surface area contributed by atoms with Gasteiger partial charge in [0.25, 0.3) is 0 Å². The number of hydrogen-bond acceptors (Lipinski definition) is 2. The van der Waals surface area contributed by atoms with Gasteiger partial charge in [-0.15, -0.1) is 0 Å². The van der Waals surface area contributed by atoms with Gasteiger partial charge in [-0.05, 0) is 36.8 Å². The third-order valence-corrected chi connectivity index (χ3v) is 4.22. The molecule has 1 aliphatic heterocycles. The highest BCUT2D eigenvalue weighted by atomic mass is 19.1. The first-order valence-corrected chi connectivity index (χ1v) is 6.99. The van der Waals surface area contributed by atoms with Crippen molar-refractivity contribution < 1.29 is 9.18 Å². The van der Waals surface area contributed by atoms with E-state index in [0.29, 0.717) is 18.4 Å². The van der Waals surface area contributed by atoms with Gasteiger partial charge in [-0.25, -0.2) is 4.39 Å². The fraction of sp³-hybridized carbons (Fsp3) is 0.533. The topological polar surface area (TPSA) is 41.1 Å². The molecular formula is C15H19FN2O. The molecule has 1 saturated heterocycles. The van der Waals surface area contributed by atoms with Gasteiger partial charge >= 0.3 is 0 Å². The second-order valence-electron chi connectivity index (χ2n) is 5.60. The Morgan fingerprint density at radius 3 is 2.79 bits per heavy atom. The van der Waals surface area contributed by atoms with Gasteiger partial charge in [0.15, 0.2) is 0 Å². The van der Waals surface area contributed by atoms with Gasteiger partial charge in [-0.3, -0.25) is 4.79 Å². The Hall–Kier alpha value is -1.42. The maximum absolute atomic E-state index is 13.6. The standard InChI is InChI=1S/C15H19FN2O/c16-14-4-2-1-3-13(14)10-7-12(8-10)17-9-11-5-6-15(19)18-11/h1-4,10-12,17H,5-9H2,(H,18,19). The normalized spacial score (nSPS) is 29.9. The van der Waals surface area contributed by atoms with Gasteiger partial charge in [0.05, 0.1) is 0 Å². The summed E-state index contributed by atoms with van der Waals surface area (Å²) in [6.45, 7) is 0.834. The van der Waals surface area contributed by atoms with Gasteiger partial charge in [-0.2, -0.15) is 0 Å². The van der Waals surface area contributed by atoms with E-state index in [1.807, 2.05) is 12.1 Å². The summed E-state index contributed by atoms with van der Waals surface area (Å²) in [7, 11) is 0. The van der Waals surface area contributed by atoms with Crippen molar-refractivity contribution in [2.45, 2.75) is 43.7 Å². The molecule has 1 aromatic rings. The molecule has 1 heterocycles. The highest BCUT2D eigenvalue weighted by molar-refractivity contribution is 5.78. The lowest BCUT2D eigenvalue weighted by Crippen LogP contribution is -2.45. The van der Waals surface area contributed by atoms with Crippen LogP contribution in [0.15, 0.2) is 24.3 Å². The van der Waals surface area contributed by atoms with Crippen molar-refractivity contribution in [3.8, 4) is 0 Å². The number of rotatable bonds is 4. The smallest absolute Gasteiger partial charge is 0.220 e. The molecule has 2 N–H and O–H groups in total. The lowest BCUT2D eigenvalue weighted by Gasteiger charge is -2.37. The largest absolute Gasteiger partial charge is 0.352 e. The van der Waals surface area contributed by atoms with E-state index in [9.17, 15) is 9.18 Å². The van der Waals surface area contributed by atoms with E-state index in [4.69, 9.17) is 0 Å². The first kappa shape index (κ1) is 12.6. The second-order valence-corrected chi connectivity index (χ2v) is 5.60. The molecule has 1 saturated carbocycles. The monoisotopic (exact) mass is 262 g/mol. The number of amides is 1. The van der Waals surface area contributed by atoms with Crippen LogP contribution in [-0.4, -0.2) is 24.5 Å². The van der Waals surface area contributed by atoms with Crippen LogP contribution in [0.25, 0.3) is 0 Å². The van der Waals surface area contributed by atoms with Gasteiger partial charge in [0, 0.05) is 25.0 Å². The minimum absolute atomic E-state index is 0.0889. The molecule has 3 nitrogen and oxygen atoms in total. The highest BCUT2D eigenvalue weighted by Crippen LogP contribution is 2.37. The van der Waals surface area contributed by atoms with Crippen molar-refractivity contribution in [3.63, 3.8) is 0 Å². The summed E-state index contributed by atoms with van der Waals surface area (Å²) in [5.74, 6) is 0.413. The Morgan fingerprint density at radius 1 is 1.32 bits per heavy atom. The zero-order valence-corrected chi connectivity index (χ0v) is 10.9. The Bertz CT molecular complexity index is 471. The molecule has 19 heavy (non-hydrogen) atoms. The third kappa shape index (κ3) is 2.78. The molecule has 1 atom stereocenters. The number of hydrogen-bond donors (Lipinski definition) is 2. The Balaban J connectivity index is 1.43. The fourth-order valence-electron chi connectivity index (χ4n) is 2.98. The van der Waals surface area contributed by atoms with Crippen LogP contribution in [0.5, 0.6) is 0 Å². The van der Waals surface area contributed by atoms with Crippen LogP contribution in [0.4, 0.5) is 4.39 Å². The average Bonchev–Trinajstić information content (AvgIpc) is 2.75. The SMILES string of the molecule is O=C1CCC(CNC2CC(c3ccccc3F)C2)N1. The van der Waals surface area contributed by atoms with Gasteiger partial charge in [0.2, 0.25) is 5.91 Å². The molecule has 1 unspecified atom stereocenters.